The molecule has 2 aliphatic rings. The van der Waals surface area contributed by atoms with Crippen molar-refractivity contribution in [3.05, 3.63) is 42.2 Å². The van der Waals surface area contributed by atoms with Gasteiger partial charge in [0.1, 0.15) is 0 Å². The van der Waals surface area contributed by atoms with Gasteiger partial charge in [0, 0.05) is 30.6 Å². The zero-order chi connectivity index (χ0) is 14.1. The van der Waals surface area contributed by atoms with Crippen LogP contribution in [0.3, 0.4) is 0 Å². The summed E-state index contributed by atoms with van der Waals surface area (Å²) in [6, 6.07) is 6.13. The first-order chi connectivity index (χ1) is 9.65. The van der Waals surface area contributed by atoms with E-state index in [-0.39, 0.29) is 5.91 Å². The number of fused-ring (bicyclic) bond motifs is 1. The van der Waals surface area contributed by atoms with Gasteiger partial charge in [-0.05, 0) is 56.1 Å². The van der Waals surface area contributed by atoms with Gasteiger partial charge in [-0.25, -0.2) is 0 Å². The first-order valence-corrected chi connectivity index (χ1v) is 7.50. The maximum absolute atomic E-state index is 12.1. The number of nitrogens with zero attached hydrogens (tertiary/aromatic N) is 2. The Morgan fingerprint density at radius 3 is 2.95 bits per heavy atom. The average molecular weight is 270 g/mol. The molecule has 0 aromatic carbocycles. The number of carbonyl (C=O) groups excluding carboxylic acids is 1. The Kier molecular flexibility index (Phi) is 3.60. The van der Waals surface area contributed by atoms with Crippen molar-refractivity contribution in [2.45, 2.75) is 26.2 Å². The topological polar surface area (TPSA) is 33.2 Å². The molecule has 1 aliphatic carbocycles. The second-order valence-electron chi connectivity index (χ2n) is 6.28. The van der Waals surface area contributed by atoms with E-state index in [1.807, 2.05) is 24.1 Å². The van der Waals surface area contributed by atoms with Crippen molar-refractivity contribution in [1.82, 2.24) is 9.88 Å². The molecule has 1 aliphatic heterocycles. The van der Waals surface area contributed by atoms with E-state index in [9.17, 15) is 4.79 Å². The lowest BCUT2D eigenvalue weighted by atomic mass is 9.89. The Balaban J connectivity index is 1.66. The second-order valence-corrected chi connectivity index (χ2v) is 6.28. The summed E-state index contributed by atoms with van der Waals surface area (Å²) >= 11 is 0. The van der Waals surface area contributed by atoms with Crippen molar-refractivity contribution in [2.75, 3.05) is 13.1 Å². The molecule has 1 aromatic rings. The number of rotatable bonds is 3. The van der Waals surface area contributed by atoms with Crippen LogP contribution in [0.15, 0.2) is 36.5 Å². The lowest BCUT2D eigenvalue weighted by molar-refractivity contribution is -0.126. The zero-order valence-corrected chi connectivity index (χ0v) is 12.1. The van der Waals surface area contributed by atoms with E-state index in [1.165, 1.54) is 18.5 Å². The Bertz CT molecular complexity index is 511. The molecule has 3 nitrogen and oxygen atoms in total. The average Bonchev–Trinajstić information content (AvgIpc) is 3.01. The van der Waals surface area contributed by atoms with Gasteiger partial charge < -0.3 is 4.90 Å². The van der Waals surface area contributed by atoms with Crippen LogP contribution in [-0.2, 0) is 11.2 Å². The zero-order valence-electron chi connectivity index (χ0n) is 12.1. The highest BCUT2D eigenvalue weighted by Gasteiger charge is 2.43. The molecule has 1 aromatic heterocycles. The van der Waals surface area contributed by atoms with Gasteiger partial charge in [0.25, 0.3) is 0 Å². The molecule has 1 amide bonds. The fraction of sp³-hybridized carbons (Fsp3) is 0.529. The molecule has 3 heteroatoms. The molecule has 3 rings (SSSR count). The maximum Gasteiger partial charge on any atom is 0.248 e. The van der Waals surface area contributed by atoms with Gasteiger partial charge in [0.15, 0.2) is 0 Å². The minimum Gasteiger partial charge on any atom is -0.338 e. The molecule has 1 saturated carbocycles. The normalized spacial score (nSPS) is 28.4. The fourth-order valence-corrected chi connectivity index (χ4v) is 3.85. The monoisotopic (exact) mass is 270 g/mol. The summed E-state index contributed by atoms with van der Waals surface area (Å²) < 4.78 is 0. The lowest BCUT2D eigenvalue weighted by Gasteiger charge is -2.20. The van der Waals surface area contributed by atoms with Gasteiger partial charge in [-0.15, -0.1) is 0 Å². The van der Waals surface area contributed by atoms with Crippen LogP contribution in [0.2, 0.25) is 0 Å². The van der Waals surface area contributed by atoms with Crippen LogP contribution >= 0.6 is 0 Å². The summed E-state index contributed by atoms with van der Waals surface area (Å²) in [6.45, 7) is 7.42. The van der Waals surface area contributed by atoms with Gasteiger partial charge in [0.05, 0.1) is 0 Å². The molecule has 1 saturated heterocycles. The number of carbonyl (C=O) groups is 1. The highest BCUT2D eigenvalue weighted by molar-refractivity contribution is 5.92. The Hall–Kier alpha value is -1.64. The van der Waals surface area contributed by atoms with E-state index in [0.29, 0.717) is 23.3 Å². The van der Waals surface area contributed by atoms with Gasteiger partial charge in [-0.1, -0.05) is 12.6 Å². The molecule has 2 fully saturated rings. The van der Waals surface area contributed by atoms with Crippen molar-refractivity contribution in [3.63, 3.8) is 0 Å². The molecular weight excluding hydrogens is 248 g/mol. The standard InChI is InChI=1S/C17H22N2O/c1-12(2)17(20)19-10-14-7-6-13(16(14)11-19)9-15-5-3-4-8-18-15/h3-5,8,13-14,16H,1,6-7,9-11H2,2H3/t13-,14-,16-/m1/s1. The summed E-state index contributed by atoms with van der Waals surface area (Å²) in [4.78, 5) is 18.5. The first kappa shape index (κ1) is 13.3. The Morgan fingerprint density at radius 2 is 2.25 bits per heavy atom. The van der Waals surface area contributed by atoms with E-state index in [4.69, 9.17) is 0 Å². The largest absolute Gasteiger partial charge is 0.338 e. The lowest BCUT2D eigenvalue weighted by Crippen LogP contribution is -2.30. The van der Waals surface area contributed by atoms with Crippen molar-refractivity contribution in [2.24, 2.45) is 17.8 Å². The SMILES string of the molecule is C=C(C)C(=O)N1C[C@H]2CC[C@H](Cc3ccccn3)[C@H]2C1. The van der Waals surface area contributed by atoms with E-state index >= 15 is 0 Å². The number of likely N-dealkylation sites (tertiary alicyclic amines) is 1. The Labute approximate surface area is 120 Å². The van der Waals surface area contributed by atoms with Gasteiger partial charge in [-0.2, -0.15) is 0 Å². The Morgan fingerprint density at radius 1 is 1.40 bits per heavy atom. The van der Waals surface area contributed by atoms with Crippen LogP contribution < -0.4 is 0 Å². The van der Waals surface area contributed by atoms with Crippen molar-refractivity contribution in [1.29, 1.82) is 0 Å². The smallest absolute Gasteiger partial charge is 0.248 e. The van der Waals surface area contributed by atoms with Crippen LogP contribution in [0.1, 0.15) is 25.5 Å². The highest BCUT2D eigenvalue weighted by Crippen LogP contribution is 2.43. The van der Waals surface area contributed by atoms with Crippen molar-refractivity contribution >= 4 is 5.91 Å². The molecule has 0 unspecified atom stereocenters. The maximum atomic E-state index is 12.1. The van der Waals surface area contributed by atoms with Crippen LogP contribution in [0.25, 0.3) is 0 Å². The third-order valence-electron chi connectivity index (χ3n) is 4.86. The highest BCUT2D eigenvalue weighted by atomic mass is 16.2. The van der Waals surface area contributed by atoms with Crippen molar-refractivity contribution < 1.29 is 4.79 Å². The quantitative estimate of drug-likeness (QED) is 0.791. The molecular formula is C17H22N2O. The number of amides is 1. The molecule has 3 atom stereocenters. The van der Waals surface area contributed by atoms with E-state index in [0.717, 1.165) is 19.5 Å². The number of pyridine rings is 1. The molecule has 0 bridgehead atoms. The molecule has 0 N–H and O–H groups in total. The van der Waals surface area contributed by atoms with Crippen LogP contribution in [-0.4, -0.2) is 28.9 Å². The third kappa shape index (κ3) is 2.49. The molecule has 0 spiro atoms. The van der Waals surface area contributed by atoms with Crippen LogP contribution in [0.4, 0.5) is 0 Å². The third-order valence-corrected chi connectivity index (χ3v) is 4.86. The van der Waals surface area contributed by atoms with E-state index < -0.39 is 0 Å². The summed E-state index contributed by atoms with van der Waals surface area (Å²) in [6.07, 6.45) is 5.45. The molecule has 106 valence electrons. The van der Waals surface area contributed by atoms with Gasteiger partial charge in [-0.3, -0.25) is 9.78 Å². The minimum atomic E-state index is 0.135. The molecule has 2 heterocycles. The number of aromatic nitrogens is 1. The number of hydrogen-bond acceptors (Lipinski definition) is 2. The first-order valence-electron chi connectivity index (χ1n) is 7.50. The fourth-order valence-electron chi connectivity index (χ4n) is 3.85. The predicted molar refractivity (Wildman–Crippen MR) is 79.0 cm³/mol. The van der Waals surface area contributed by atoms with Gasteiger partial charge >= 0.3 is 0 Å². The summed E-state index contributed by atoms with van der Waals surface area (Å²) in [5.41, 5.74) is 1.84. The molecule has 20 heavy (non-hydrogen) atoms. The van der Waals surface area contributed by atoms with Gasteiger partial charge in [0.2, 0.25) is 5.91 Å². The molecule has 0 radical (unpaired) electrons. The van der Waals surface area contributed by atoms with Crippen molar-refractivity contribution in [3.8, 4) is 0 Å². The summed E-state index contributed by atoms with van der Waals surface area (Å²) in [5, 5.41) is 0. The summed E-state index contributed by atoms with van der Waals surface area (Å²) in [5.74, 6) is 2.15. The predicted octanol–water partition coefficient (Wildman–Crippen LogP) is 2.68. The van der Waals surface area contributed by atoms with Crippen LogP contribution in [0, 0.1) is 17.8 Å². The summed E-state index contributed by atoms with van der Waals surface area (Å²) in [7, 11) is 0. The second kappa shape index (κ2) is 5.39. The number of hydrogen-bond donors (Lipinski definition) is 0. The van der Waals surface area contributed by atoms with Crippen LogP contribution in [0.5, 0.6) is 0 Å². The minimum absolute atomic E-state index is 0.135. The van der Waals surface area contributed by atoms with E-state index in [2.05, 4.69) is 23.7 Å². The van der Waals surface area contributed by atoms with E-state index in [1.54, 1.807) is 0 Å².